The Balaban J connectivity index is 1.03. The lowest BCUT2D eigenvalue weighted by Crippen LogP contribution is -2.48. The first-order valence-electron chi connectivity index (χ1n) is 28.6. The molecule has 0 amide bonds. The standard InChI is InChI=1S/C50H78N15O16P3S3/c1-7-10-12-13-15-17-49(4,38-32(66)33(67)46(78-38)63-25-60-29-40(51)54-22-57-43(29)63)20-75-83(70,86)81-37-35(73-6)39(79-48(37)65-27-62-31-42(53)56-24-59-45(31)65)50(16-9-3,18-14-11-8-2)21-76-84(71,87)80-36-34(72-5)28(19-74-82(68,69)85)77-47(36)64-26-61-30-41(52)55-23-58-44(30)64/h22-28,32-39,46-48,66-67H,7-21H2,1-6H3,(H,70,86)(H,71,87)(H2,51,54,57)(H2,52,55,58)(H2,53,56,59)(H2,68,69,85). The highest BCUT2D eigenvalue weighted by Crippen LogP contribution is 2.58. The van der Waals surface area contributed by atoms with E-state index in [0.717, 1.165) is 38.5 Å². The monoisotopic (exact) mass is 1330 g/mol. The van der Waals surface area contributed by atoms with Crippen molar-refractivity contribution in [1.82, 2.24) is 58.6 Å². The molecule has 31 nitrogen and oxygen atoms in total. The number of hydrogen-bond donors (Lipinski definition) is 9. The molecule has 3 saturated heterocycles. The summed E-state index contributed by atoms with van der Waals surface area (Å²) in [4.78, 5) is 83.7. The number of nitrogen functional groups attached to an aromatic ring is 3. The van der Waals surface area contributed by atoms with Crippen molar-refractivity contribution in [2.24, 2.45) is 10.8 Å². The van der Waals surface area contributed by atoms with Gasteiger partial charge in [-0.25, -0.2) is 44.9 Å². The fourth-order valence-corrected chi connectivity index (χ4v) is 15.6. The molecule has 0 saturated carbocycles. The maximum atomic E-state index is 12.5. The SMILES string of the molecule is CCCCCCCC(C)(COP(O)(=S)OC1C(OC)C(C(CCC)(CCCCC)COP(O)(=S)OC2C(OC)C(COP(O)(O)=S)OC2n2cnc3c(N)ncnc32)OC1n1cnc2c(N)ncnc21)C1OC(n2cnc3c(N)ncnc32)C(O)C1O. The van der Waals surface area contributed by atoms with Crippen molar-refractivity contribution >= 4 is 107 Å². The minimum atomic E-state index is -4.43. The second-order valence-electron chi connectivity index (χ2n) is 22.4. The van der Waals surface area contributed by atoms with Crippen LogP contribution < -0.4 is 17.2 Å². The van der Waals surface area contributed by atoms with Crippen LogP contribution >= 0.6 is 20.2 Å². The summed E-state index contributed by atoms with van der Waals surface area (Å²) >= 11 is 16.6. The van der Waals surface area contributed by atoms with E-state index in [2.05, 4.69) is 58.7 Å². The van der Waals surface area contributed by atoms with Crippen LogP contribution in [0.2, 0.25) is 0 Å². The average molecular weight is 1330 g/mol. The molecular weight excluding hydrogens is 1260 g/mol. The summed E-state index contributed by atoms with van der Waals surface area (Å²) in [6, 6.07) is 0. The van der Waals surface area contributed by atoms with Gasteiger partial charge < -0.3 is 84.2 Å². The Morgan fingerprint density at radius 3 is 1.49 bits per heavy atom. The highest BCUT2D eigenvalue weighted by molar-refractivity contribution is 8.07. The van der Waals surface area contributed by atoms with Crippen LogP contribution in [0.15, 0.2) is 38.0 Å². The number of hydrogen-bond acceptors (Lipinski definition) is 27. The van der Waals surface area contributed by atoms with E-state index in [9.17, 15) is 29.8 Å². The number of nitrogens with two attached hydrogens (primary N) is 3. The van der Waals surface area contributed by atoms with Gasteiger partial charge in [0.15, 0.2) is 53.1 Å². The quantitative estimate of drug-likeness (QED) is 0.0200. The highest BCUT2D eigenvalue weighted by atomic mass is 32.5. The van der Waals surface area contributed by atoms with Crippen LogP contribution in [0.4, 0.5) is 17.5 Å². The van der Waals surface area contributed by atoms with Crippen LogP contribution in [0.25, 0.3) is 33.5 Å². The predicted molar refractivity (Wildman–Crippen MR) is 327 cm³/mol. The molecule has 3 fully saturated rings. The van der Waals surface area contributed by atoms with Crippen LogP contribution in [0.1, 0.15) is 123 Å². The van der Waals surface area contributed by atoms with Gasteiger partial charge in [0.25, 0.3) is 0 Å². The molecule has 0 bridgehead atoms. The molecular formula is C50H78N15O16P3S3. The van der Waals surface area contributed by atoms with Gasteiger partial charge in [-0.3, -0.25) is 22.7 Å². The third kappa shape index (κ3) is 14.8. The van der Waals surface area contributed by atoms with Crippen molar-refractivity contribution < 1.29 is 76.1 Å². The van der Waals surface area contributed by atoms with Crippen LogP contribution in [-0.2, 0) is 81.7 Å². The number of rotatable bonds is 32. The van der Waals surface area contributed by atoms with E-state index in [1.165, 1.54) is 61.3 Å². The van der Waals surface area contributed by atoms with Gasteiger partial charge in [0.1, 0.15) is 78.3 Å². The maximum absolute atomic E-state index is 12.5. The number of imidazole rings is 3. The van der Waals surface area contributed by atoms with E-state index >= 15 is 0 Å². The third-order valence-electron chi connectivity index (χ3n) is 16.4. The summed E-state index contributed by atoms with van der Waals surface area (Å²) in [5.41, 5.74) is 17.9. The first kappa shape index (κ1) is 67.7. The second-order valence-corrected chi connectivity index (χ2v) is 30.6. The molecule has 12 N–H and O–H groups in total. The minimum absolute atomic E-state index is 0.0787. The van der Waals surface area contributed by atoms with Crippen molar-refractivity contribution in [3.63, 3.8) is 0 Å². The number of unbranched alkanes of at least 4 members (excludes halogenated alkanes) is 6. The molecule has 16 unspecified atom stereocenters. The predicted octanol–water partition coefficient (Wildman–Crippen LogP) is 4.89. The first-order chi connectivity index (χ1) is 41.4. The van der Waals surface area contributed by atoms with Crippen LogP contribution in [0, 0.1) is 10.8 Å². The Labute approximate surface area is 517 Å². The fraction of sp³-hybridized carbons (Fsp3) is 0.700. The number of ether oxygens (including phenoxy) is 5. The van der Waals surface area contributed by atoms with E-state index in [1.54, 1.807) is 4.57 Å². The maximum Gasteiger partial charge on any atom is 0.325 e. The van der Waals surface area contributed by atoms with Gasteiger partial charge in [0, 0.05) is 25.0 Å². The molecule has 3 aliphatic heterocycles. The number of anilines is 3. The van der Waals surface area contributed by atoms with E-state index < -0.39 is 111 Å². The number of aliphatic hydroxyl groups is 2. The van der Waals surface area contributed by atoms with E-state index in [0.29, 0.717) is 44.0 Å². The Bertz CT molecular complexity index is 3450. The smallest absolute Gasteiger partial charge is 0.325 e. The Morgan fingerprint density at radius 1 is 0.529 bits per heavy atom. The van der Waals surface area contributed by atoms with Crippen LogP contribution in [0.3, 0.4) is 0 Å². The molecule has 0 aromatic carbocycles. The summed E-state index contributed by atoms with van der Waals surface area (Å²) in [5, 5.41) is 23.6. The summed E-state index contributed by atoms with van der Waals surface area (Å²) in [6.07, 6.45) is 2.19. The number of aromatic nitrogens is 12. The molecule has 3 aliphatic rings. The van der Waals surface area contributed by atoms with Crippen molar-refractivity contribution in [2.75, 3.05) is 51.2 Å². The normalized spacial score (nSPS) is 28.1. The molecule has 9 rings (SSSR count). The molecule has 0 spiro atoms. The molecule has 37 heteroatoms. The van der Waals surface area contributed by atoms with E-state index in [4.69, 9.17) is 98.9 Å². The van der Waals surface area contributed by atoms with Gasteiger partial charge in [0.05, 0.1) is 51.0 Å². The van der Waals surface area contributed by atoms with Gasteiger partial charge in [-0.1, -0.05) is 85.5 Å². The lowest BCUT2D eigenvalue weighted by atomic mass is 9.72. The van der Waals surface area contributed by atoms with Gasteiger partial charge in [0.2, 0.25) is 0 Å². The number of methoxy groups -OCH3 is 2. The first-order valence-corrected chi connectivity index (χ1v) is 36.4. The molecule has 16 atom stereocenters. The lowest BCUT2D eigenvalue weighted by Gasteiger charge is -2.41. The van der Waals surface area contributed by atoms with Crippen molar-refractivity contribution in [3.8, 4) is 0 Å². The third-order valence-corrected chi connectivity index (χ3v) is 20.3. The molecule has 87 heavy (non-hydrogen) atoms. The molecule has 9 heterocycles. The van der Waals surface area contributed by atoms with Crippen LogP contribution in [0.5, 0.6) is 0 Å². The zero-order valence-electron chi connectivity index (χ0n) is 48.9. The fourth-order valence-electron chi connectivity index (χ4n) is 12.1. The molecule has 6 aromatic rings. The largest absolute Gasteiger partial charge is 0.387 e. The Kier molecular flexibility index (Phi) is 22.2. The summed E-state index contributed by atoms with van der Waals surface area (Å²) in [5.74, 6) is 0.291. The van der Waals surface area contributed by atoms with Crippen LogP contribution in [-0.4, -0.2) is 177 Å². The summed E-state index contributed by atoms with van der Waals surface area (Å²) in [6.45, 7) is -6.09. The summed E-state index contributed by atoms with van der Waals surface area (Å²) in [7, 11) is 2.83. The molecule has 0 aliphatic carbocycles. The zero-order valence-corrected chi connectivity index (χ0v) is 54.1. The Morgan fingerprint density at radius 2 is 0.989 bits per heavy atom. The molecule has 482 valence electrons. The van der Waals surface area contributed by atoms with Crippen molar-refractivity contribution in [3.05, 3.63) is 38.0 Å². The molecule has 6 aromatic heterocycles. The number of aliphatic hydroxyl groups excluding tert-OH is 2. The van der Waals surface area contributed by atoms with Crippen molar-refractivity contribution in [2.45, 2.75) is 178 Å². The van der Waals surface area contributed by atoms with E-state index in [-0.39, 0.29) is 58.6 Å². The summed E-state index contributed by atoms with van der Waals surface area (Å²) < 4.78 is 68.4. The highest BCUT2D eigenvalue weighted by Gasteiger charge is 2.59. The Hall–Kier alpha value is -3.64. The zero-order chi connectivity index (χ0) is 62.6. The minimum Gasteiger partial charge on any atom is -0.387 e. The van der Waals surface area contributed by atoms with Gasteiger partial charge in [-0.05, 0) is 54.7 Å². The topological polar surface area (TPSA) is 423 Å². The second kappa shape index (κ2) is 28.5. The van der Waals surface area contributed by atoms with Gasteiger partial charge >= 0.3 is 20.2 Å². The van der Waals surface area contributed by atoms with E-state index in [1.807, 2.05) is 13.8 Å². The number of nitrogens with zero attached hydrogens (tertiary/aromatic N) is 12. The van der Waals surface area contributed by atoms with Gasteiger partial charge in [-0.2, -0.15) is 0 Å². The van der Waals surface area contributed by atoms with Gasteiger partial charge in [-0.15, -0.1) is 0 Å². The number of fused-ring (bicyclic) bond motifs is 3. The molecule has 0 radical (unpaired) electrons. The van der Waals surface area contributed by atoms with Crippen molar-refractivity contribution in [1.29, 1.82) is 0 Å². The lowest BCUT2D eigenvalue weighted by molar-refractivity contribution is -0.119. The average Bonchev–Trinajstić information content (AvgIpc) is 1.66.